The molecule has 102 valence electrons. The highest BCUT2D eigenvalue weighted by atomic mass is 32.1. The van der Waals surface area contributed by atoms with E-state index in [2.05, 4.69) is 23.6 Å². The minimum atomic E-state index is 1.05. The standard InChI is InChI=1S/C15H26N2S/c1-2-8-16-9-10-17-12-14-11-13-6-4-3-5-7-15(13)18-14/h11,16-17H,2-10,12H2,1H3. The van der Waals surface area contributed by atoms with E-state index in [1.807, 2.05) is 11.3 Å². The van der Waals surface area contributed by atoms with Crippen LogP contribution in [0.25, 0.3) is 0 Å². The molecule has 0 spiro atoms. The Morgan fingerprint density at radius 1 is 1.06 bits per heavy atom. The van der Waals surface area contributed by atoms with E-state index in [4.69, 9.17) is 0 Å². The van der Waals surface area contributed by atoms with Crippen LogP contribution in [0.4, 0.5) is 0 Å². The van der Waals surface area contributed by atoms with Gasteiger partial charge in [-0.05, 0) is 50.3 Å². The Labute approximate surface area is 115 Å². The van der Waals surface area contributed by atoms with Gasteiger partial charge in [-0.3, -0.25) is 0 Å². The molecule has 0 aromatic carbocycles. The van der Waals surface area contributed by atoms with Crippen molar-refractivity contribution in [3.8, 4) is 0 Å². The van der Waals surface area contributed by atoms with Crippen LogP contribution >= 0.6 is 11.3 Å². The summed E-state index contributed by atoms with van der Waals surface area (Å²) in [6.07, 6.45) is 8.04. The molecule has 0 unspecified atom stereocenters. The van der Waals surface area contributed by atoms with E-state index in [1.54, 1.807) is 10.4 Å². The Balaban J connectivity index is 1.70. The van der Waals surface area contributed by atoms with Crippen molar-refractivity contribution in [2.24, 2.45) is 0 Å². The number of nitrogens with one attached hydrogen (secondary N) is 2. The Hall–Kier alpha value is -0.380. The fourth-order valence-electron chi connectivity index (χ4n) is 2.51. The lowest BCUT2D eigenvalue weighted by atomic mass is 10.1. The van der Waals surface area contributed by atoms with Gasteiger partial charge in [0.25, 0.3) is 0 Å². The van der Waals surface area contributed by atoms with Gasteiger partial charge in [0, 0.05) is 29.4 Å². The van der Waals surface area contributed by atoms with Crippen LogP contribution in [0.2, 0.25) is 0 Å². The highest BCUT2D eigenvalue weighted by molar-refractivity contribution is 7.12. The highest BCUT2D eigenvalue weighted by Gasteiger charge is 2.11. The van der Waals surface area contributed by atoms with Crippen molar-refractivity contribution in [1.82, 2.24) is 10.6 Å². The lowest BCUT2D eigenvalue weighted by Gasteiger charge is -2.04. The zero-order chi connectivity index (χ0) is 12.6. The van der Waals surface area contributed by atoms with Gasteiger partial charge in [0.2, 0.25) is 0 Å². The summed E-state index contributed by atoms with van der Waals surface area (Å²) in [7, 11) is 0. The summed E-state index contributed by atoms with van der Waals surface area (Å²) in [6.45, 7) is 6.54. The molecule has 1 aliphatic rings. The van der Waals surface area contributed by atoms with Crippen molar-refractivity contribution in [1.29, 1.82) is 0 Å². The van der Waals surface area contributed by atoms with Gasteiger partial charge in [0.05, 0.1) is 0 Å². The second kappa shape index (κ2) is 7.93. The first-order chi connectivity index (χ1) is 8.90. The van der Waals surface area contributed by atoms with Crippen molar-refractivity contribution in [2.75, 3.05) is 19.6 Å². The van der Waals surface area contributed by atoms with Crippen LogP contribution in [0.1, 0.15) is 47.9 Å². The van der Waals surface area contributed by atoms with Crippen molar-refractivity contribution in [3.63, 3.8) is 0 Å². The van der Waals surface area contributed by atoms with Crippen LogP contribution in [0.3, 0.4) is 0 Å². The molecule has 0 saturated heterocycles. The van der Waals surface area contributed by atoms with Crippen LogP contribution < -0.4 is 10.6 Å². The molecule has 0 bridgehead atoms. The summed E-state index contributed by atoms with van der Waals surface area (Å²) in [6, 6.07) is 2.44. The Kier molecular flexibility index (Phi) is 6.18. The van der Waals surface area contributed by atoms with Gasteiger partial charge >= 0.3 is 0 Å². The van der Waals surface area contributed by atoms with Gasteiger partial charge in [-0.1, -0.05) is 13.3 Å². The minimum absolute atomic E-state index is 1.05. The molecule has 0 radical (unpaired) electrons. The summed E-state index contributed by atoms with van der Waals surface area (Å²) in [4.78, 5) is 3.19. The van der Waals surface area contributed by atoms with Crippen LogP contribution in [-0.4, -0.2) is 19.6 Å². The molecule has 1 aromatic rings. The Morgan fingerprint density at radius 3 is 2.78 bits per heavy atom. The SMILES string of the molecule is CCCNCCNCc1cc2c(s1)CCCCC2. The van der Waals surface area contributed by atoms with E-state index >= 15 is 0 Å². The van der Waals surface area contributed by atoms with Gasteiger partial charge in [-0.25, -0.2) is 0 Å². The average Bonchev–Trinajstić information content (AvgIpc) is 2.64. The minimum Gasteiger partial charge on any atom is -0.315 e. The molecular formula is C15H26N2S. The third-order valence-corrected chi connectivity index (χ3v) is 4.74. The van der Waals surface area contributed by atoms with Gasteiger partial charge in [0.1, 0.15) is 0 Å². The van der Waals surface area contributed by atoms with Gasteiger partial charge in [0.15, 0.2) is 0 Å². The van der Waals surface area contributed by atoms with E-state index in [-0.39, 0.29) is 0 Å². The molecule has 2 nitrogen and oxygen atoms in total. The lowest BCUT2D eigenvalue weighted by Crippen LogP contribution is -2.27. The Morgan fingerprint density at radius 2 is 1.89 bits per heavy atom. The average molecular weight is 266 g/mol. The Bertz CT molecular complexity index is 323. The number of fused-ring (bicyclic) bond motifs is 1. The molecule has 2 rings (SSSR count). The summed E-state index contributed by atoms with van der Waals surface area (Å²) in [5, 5.41) is 6.95. The van der Waals surface area contributed by atoms with E-state index < -0.39 is 0 Å². The fraction of sp³-hybridized carbons (Fsp3) is 0.733. The monoisotopic (exact) mass is 266 g/mol. The number of hydrogen-bond donors (Lipinski definition) is 2. The molecule has 0 saturated carbocycles. The van der Waals surface area contributed by atoms with E-state index in [0.717, 1.165) is 26.2 Å². The summed E-state index contributed by atoms with van der Waals surface area (Å²) >= 11 is 2.03. The number of hydrogen-bond acceptors (Lipinski definition) is 3. The molecule has 1 aliphatic carbocycles. The largest absolute Gasteiger partial charge is 0.315 e. The quantitative estimate of drug-likeness (QED) is 0.585. The maximum Gasteiger partial charge on any atom is 0.0300 e. The third-order valence-electron chi connectivity index (χ3n) is 3.50. The van der Waals surface area contributed by atoms with Crippen molar-refractivity contribution < 1.29 is 0 Å². The molecule has 1 aromatic heterocycles. The summed E-state index contributed by atoms with van der Waals surface area (Å²) < 4.78 is 0. The maximum absolute atomic E-state index is 3.53. The molecule has 3 heteroatoms. The predicted molar refractivity (Wildman–Crippen MR) is 80.4 cm³/mol. The van der Waals surface area contributed by atoms with E-state index in [0.29, 0.717) is 0 Å². The normalized spacial score (nSPS) is 15.4. The maximum atomic E-state index is 3.53. The summed E-state index contributed by atoms with van der Waals surface area (Å²) in [5.41, 5.74) is 1.64. The number of rotatable bonds is 7. The van der Waals surface area contributed by atoms with Gasteiger partial charge in [-0.15, -0.1) is 11.3 Å². The first kappa shape index (κ1) is 14.0. The molecule has 0 atom stereocenters. The van der Waals surface area contributed by atoms with E-state index in [1.165, 1.54) is 43.4 Å². The van der Waals surface area contributed by atoms with E-state index in [9.17, 15) is 0 Å². The topological polar surface area (TPSA) is 24.1 Å². The fourth-order valence-corrected chi connectivity index (χ4v) is 3.74. The first-order valence-corrected chi connectivity index (χ1v) is 8.23. The molecular weight excluding hydrogens is 240 g/mol. The molecule has 18 heavy (non-hydrogen) atoms. The molecule has 2 N–H and O–H groups in total. The number of thiophene rings is 1. The van der Waals surface area contributed by atoms with Crippen LogP contribution in [0, 0.1) is 0 Å². The summed E-state index contributed by atoms with van der Waals surface area (Å²) in [5.74, 6) is 0. The second-order valence-electron chi connectivity index (χ2n) is 5.15. The number of aryl methyl sites for hydroxylation is 2. The molecule has 0 amide bonds. The molecule has 0 aliphatic heterocycles. The third kappa shape index (κ3) is 4.38. The van der Waals surface area contributed by atoms with Gasteiger partial charge < -0.3 is 10.6 Å². The highest BCUT2D eigenvalue weighted by Crippen LogP contribution is 2.28. The smallest absolute Gasteiger partial charge is 0.0300 e. The molecule has 0 fully saturated rings. The van der Waals surface area contributed by atoms with Crippen LogP contribution in [-0.2, 0) is 19.4 Å². The predicted octanol–water partition coefficient (Wildman–Crippen LogP) is 3.11. The van der Waals surface area contributed by atoms with Crippen molar-refractivity contribution in [2.45, 2.75) is 52.0 Å². The molecule has 1 heterocycles. The lowest BCUT2D eigenvalue weighted by molar-refractivity contribution is 0.609. The van der Waals surface area contributed by atoms with Crippen molar-refractivity contribution in [3.05, 3.63) is 21.4 Å². The van der Waals surface area contributed by atoms with Gasteiger partial charge in [-0.2, -0.15) is 0 Å². The zero-order valence-corrected chi connectivity index (χ0v) is 12.4. The first-order valence-electron chi connectivity index (χ1n) is 7.42. The van der Waals surface area contributed by atoms with Crippen LogP contribution in [0.5, 0.6) is 0 Å². The van der Waals surface area contributed by atoms with Crippen molar-refractivity contribution >= 4 is 11.3 Å². The van der Waals surface area contributed by atoms with Crippen LogP contribution in [0.15, 0.2) is 6.07 Å². The zero-order valence-electron chi connectivity index (χ0n) is 11.6. The second-order valence-corrected chi connectivity index (χ2v) is 6.37.